The highest BCUT2D eigenvalue weighted by atomic mass is 32.1. The van der Waals surface area contributed by atoms with E-state index in [0.717, 1.165) is 0 Å². The van der Waals surface area contributed by atoms with Gasteiger partial charge in [0.05, 0.1) is 22.1 Å². The molecule has 18 aromatic rings. The maximum absolute atomic E-state index is 2.48. The van der Waals surface area contributed by atoms with Crippen molar-refractivity contribution >= 4 is 150 Å². The van der Waals surface area contributed by atoms with E-state index < -0.39 is 0 Å². The molecule has 0 atom stereocenters. The summed E-state index contributed by atoms with van der Waals surface area (Å²) in [6.07, 6.45) is 0. The van der Waals surface area contributed by atoms with Gasteiger partial charge in [-0.1, -0.05) is 182 Å². The van der Waals surface area contributed by atoms with Crippen molar-refractivity contribution in [2.75, 3.05) is 0 Å². The molecule has 0 saturated carbocycles. The van der Waals surface area contributed by atoms with E-state index in [9.17, 15) is 0 Å². The van der Waals surface area contributed by atoms with Gasteiger partial charge in [0.1, 0.15) is 0 Å². The Kier molecular flexibility index (Phi) is 9.29. The van der Waals surface area contributed by atoms with E-state index in [2.05, 4.69) is 276 Å². The fraction of sp³-hybridized carbons (Fsp3) is 0. The van der Waals surface area contributed by atoms with Gasteiger partial charge in [-0.15, -0.1) is 22.7 Å². The molecular formula is C76H44N2S2. The molecule has 0 saturated heterocycles. The molecule has 0 unspecified atom stereocenters. The molecule has 0 bridgehead atoms. The molecule has 0 N–H and O–H groups in total. The molecule has 0 spiro atoms. The van der Waals surface area contributed by atoms with Gasteiger partial charge in [0.2, 0.25) is 0 Å². The van der Waals surface area contributed by atoms with Gasteiger partial charge in [-0.05, 0) is 161 Å². The first-order chi connectivity index (χ1) is 39.7. The first kappa shape index (κ1) is 44.2. The fourth-order valence-corrected chi connectivity index (χ4v) is 16.0. The standard InChI is InChI=1S/C76H44N2S2/c1-3-15-47-41-51(29-25-45(47)13-1)77-65-35-27-49(43-63(65)73-67(77)37-39-71-75(73)61-21-9-11-23-69(61)79-71)53-31-33-59(57-19-7-5-17-55(53)57)60-34-32-54(56-18-6-8-20-58(56)60)50-28-36-66-64(44-50)74-68(38-40-72-76(74)62-22-10-12-24-70(62)80-72)78(66)52-30-26-46-14-2-4-16-48(46)42-52/h1-44H. The molecular weight excluding hydrogens is 1000 g/mol. The number of rotatable bonds is 5. The second-order valence-electron chi connectivity index (χ2n) is 21.5. The molecule has 80 heavy (non-hydrogen) atoms. The zero-order valence-electron chi connectivity index (χ0n) is 43.1. The summed E-state index contributed by atoms with van der Waals surface area (Å²) in [5.41, 5.74) is 14.5. The summed E-state index contributed by atoms with van der Waals surface area (Å²) in [7, 11) is 0. The Morgan fingerprint density at radius 3 is 1.02 bits per heavy atom. The normalized spacial score (nSPS) is 12.2. The average molecular weight is 1050 g/mol. The Bertz CT molecular complexity index is 5330. The van der Waals surface area contributed by atoms with E-state index in [1.807, 2.05) is 22.7 Å². The van der Waals surface area contributed by atoms with Gasteiger partial charge in [-0.25, -0.2) is 0 Å². The van der Waals surface area contributed by atoms with Crippen LogP contribution in [0.3, 0.4) is 0 Å². The Labute approximate surface area is 467 Å². The van der Waals surface area contributed by atoms with Crippen LogP contribution in [0.2, 0.25) is 0 Å². The summed E-state index contributed by atoms with van der Waals surface area (Å²) in [6, 6.07) is 100. The molecule has 2 nitrogen and oxygen atoms in total. The molecule has 0 aliphatic heterocycles. The average Bonchev–Trinajstić information content (AvgIpc) is 4.48. The second kappa shape index (κ2) is 16.8. The van der Waals surface area contributed by atoms with Gasteiger partial charge in [-0.2, -0.15) is 0 Å². The highest BCUT2D eigenvalue weighted by Gasteiger charge is 2.23. The largest absolute Gasteiger partial charge is 0.309 e. The SMILES string of the molecule is c1ccc2cc(-n3c4ccc(-c5ccc(-c6ccc(-c7ccc8c(c7)c7c9c(ccc7n8-c7ccc8ccccc8c7)sc7ccccc79)c7ccccc67)c6ccccc56)cc4c4c5c(ccc43)sc3ccccc35)ccc2c1. The molecule has 370 valence electrons. The topological polar surface area (TPSA) is 9.86 Å². The van der Waals surface area contributed by atoms with Gasteiger partial charge >= 0.3 is 0 Å². The van der Waals surface area contributed by atoms with Crippen LogP contribution in [0, 0.1) is 0 Å². The van der Waals surface area contributed by atoms with Crippen molar-refractivity contribution in [1.82, 2.24) is 9.13 Å². The summed E-state index contributed by atoms with van der Waals surface area (Å²) >= 11 is 3.77. The molecule has 0 aliphatic carbocycles. The molecule has 0 radical (unpaired) electrons. The Morgan fingerprint density at radius 2 is 0.575 bits per heavy atom. The maximum atomic E-state index is 2.48. The lowest BCUT2D eigenvalue weighted by Crippen LogP contribution is -1.94. The van der Waals surface area contributed by atoms with E-state index in [1.54, 1.807) is 0 Å². The number of aromatic nitrogens is 2. The molecule has 0 aliphatic rings. The van der Waals surface area contributed by atoms with Crippen molar-refractivity contribution in [3.05, 3.63) is 267 Å². The molecule has 0 fully saturated rings. The summed E-state index contributed by atoms with van der Waals surface area (Å²) in [5.74, 6) is 0. The third kappa shape index (κ3) is 6.34. The van der Waals surface area contributed by atoms with Crippen LogP contribution in [-0.2, 0) is 0 Å². The molecule has 4 heteroatoms. The van der Waals surface area contributed by atoms with Gasteiger partial charge in [0, 0.05) is 73.3 Å². The molecule has 4 aromatic heterocycles. The predicted octanol–water partition coefficient (Wildman–Crippen LogP) is 22.2. The van der Waals surface area contributed by atoms with E-state index >= 15 is 0 Å². The van der Waals surface area contributed by atoms with Crippen molar-refractivity contribution in [3.63, 3.8) is 0 Å². The maximum Gasteiger partial charge on any atom is 0.0548 e. The highest BCUT2D eigenvalue weighted by Crippen LogP contribution is 2.48. The predicted molar refractivity (Wildman–Crippen MR) is 347 cm³/mol. The quantitative estimate of drug-likeness (QED) is 0.163. The fourth-order valence-electron chi connectivity index (χ4n) is 13.7. The van der Waals surface area contributed by atoms with Gasteiger partial charge in [0.25, 0.3) is 0 Å². The smallest absolute Gasteiger partial charge is 0.0548 e. The summed E-state index contributed by atoms with van der Waals surface area (Å²) in [6.45, 7) is 0. The Morgan fingerprint density at radius 1 is 0.212 bits per heavy atom. The monoisotopic (exact) mass is 1050 g/mol. The molecule has 14 aromatic carbocycles. The van der Waals surface area contributed by atoms with Crippen molar-refractivity contribution in [2.24, 2.45) is 0 Å². The van der Waals surface area contributed by atoms with Gasteiger partial charge < -0.3 is 9.13 Å². The number of benzene rings is 14. The van der Waals surface area contributed by atoms with E-state index in [4.69, 9.17) is 0 Å². The Balaban J connectivity index is 0.810. The van der Waals surface area contributed by atoms with Crippen LogP contribution in [0.15, 0.2) is 267 Å². The van der Waals surface area contributed by atoms with Crippen molar-refractivity contribution in [2.45, 2.75) is 0 Å². The highest BCUT2D eigenvalue weighted by molar-refractivity contribution is 7.26. The van der Waals surface area contributed by atoms with E-state index in [1.165, 1.54) is 172 Å². The van der Waals surface area contributed by atoms with Crippen LogP contribution >= 0.6 is 22.7 Å². The number of hydrogen-bond acceptors (Lipinski definition) is 2. The number of nitrogens with zero attached hydrogens (tertiary/aromatic N) is 2. The van der Waals surface area contributed by atoms with Crippen LogP contribution in [0.4, 0.5) is 0 Å². The lowest BCUT2D eigenvalue weighted by atomic mass is 9.87. The minimum absolute atomic E-state index is 1.17. The summed E-state index contributed by atoms with van der Waals surface area (Å²) in [4.78, 5) is 0. The minimum Gasteiger partial charge on any atom is -0.309 e. The second-order valence-corrected chi connectivity index (χ2v) is 23.6. The number of thiophene rings is 2. The van der Waals surface area contributed by atoms with Gasteiger partial charge in [0.15, 0.2) is 0 Å². The lowest BCUT2D eigenvalue weighted by Gasteiger charge is -2.16. The van der Waals surface area contributed by atoms with Crippen molar-refractivity contribution in [3.8, 4) is 44.8 Å². The number of hydrogen-bond donors (Lipinski definition) is 0. The van der Waals surface area contributed by atoms with Crippen LogP contribution in [0.1, 0.15) is 0 Å². The van der Waals surface area contributed by atoms with Gasteiger partial charge in [-0.3, -0.25) is 0 Å². The molecule has 18 rings (SSSR count). The lowest BCUT2D eigenvalue weighted by molar-refractivity contribution is 1.19. The van der Waals surface area contributed by atoms with Crippen LogP contribution in [-0.4, -0.2) is 9.13 Å². The van der Waals surface area contributed by atoms with E-state index in [0.29, 0.717) is 0 Å². The van der Waals surface area contributed by atoms with Crippen LogP contribution in [0.5, 0.6) is 0 Å². The molecule has 4 heterocycles. The number of fused-ring (bicyclic) bond motifs is 18. The third-order valence-corrected chi connectivity index (χ3v) is 19.6. The third-order valence-electron chi connectivity index (χ3n) is 17.3. The zero-order valence-corrected chi connectivity index (χ0v) is 44.7. The summed E-state index contributed by atoms with van der Waals surface area (Å²) in [5, 5.41) is 20.3. The van der Waals surface area contributed by atoms with Crippen molar-refractivity contribution in [1.29, 1.82) is 0 Å². The molecule has 0 amide bonds. The summed E-state index contributed by atoms with van der Waals surface area (Å²) < 4.78 is 10.2. The van der Waals surface area contributed by atoms with Crippen LogP contribution < -0.4 is 0 Å². The Hall–Kier alpha value is -9.84. The first-order valence-corrected chi connectivity index (χ1v) is 29.1. The first-order valence-electron chi connectivity index (χ1n) is 27.5. The van der Waals surface area contributed by atoms with Crippen LogP contribution in [0.25, 0.3) is 172 Å². The zero-order chi connectivity index (χ0) is 52.2. The van der Waals surface area contributed by atoms with E-state index in [-0.39, 0.29) is 0 Å². The minimum atomic E-state index is 1.17. The van der Waals surface area contributed by atoms with Crippen molar-refractivity contribution < 1.29 is 0 Å².